The van der Waals surface area contributed by atoms with Crippen LogP contribution < -0.4 is 0 Å². The van der Waals surface area contributed by atoms with Crippen LogP contribution in [0, 0.1) is 26.7 Å². The van der Waals surface area contributed by atoms with Crippen molar-refractivity contribution in [3.8, 4) is 0 Å². The molecule has 0 bridgehead atoms. The first-order valence-corrected chi connectivity index (χ1v) is 5.74. The maximum absolute atomic E-state index is 3.83. The summed E-state index contributed by atoms with van der Waals surface area (Å²) in [5, 5.41) is 0. The molecule has 0 amide bonds. The molecule has 0 aliphatic carbocycles. The number of rotatable bonds is 4. The summed E-state index contributed by atoms with van der Waals surface area (Å²) in [5.41, 5.74) is 5.80. The third kappa shape index (κ3) is 2.95. The number of benzene rings is 1. The van der Waals surface area contributed by atoms with Gasteiger partial charge < -0.3 is 0 Å². The van der Waals surface area contributed by atoms with Gasteiger partial charge in [0.1, 0.15) is 0 Å². The summed E-state index contributed by atoms with van der Waals surface area (Å²) in [6.07, 6.45) is 4.41. The van der Waals surface area contributed by atoms with Gasteiger partial charge in [-0.25, -0.2) is 0 Å². The smallest absolute Gasteiger partial charge is 0.0261 e. The molecular formula is C15H22. The van der Waals surface area contributed by atoms with E-state index in [-0.39, 0.29) is 0 Å². The van der Waals surface area contributed by atoms with E-state index >= 15 is 0 Å². The molecule has 0 nitrogen and oxygen atoms in total. The Kier molecular flexibility index (Phi) is 4.14. The summed E-state index contributed by atoms with van der Waals surface area (Å²) in [5.74, 6) is 0.617. The van der Waals surface area contributed by atoms with Gasteiger partial charge in [0.05, 0.1) is 0 Å². The Morgan fingerprint density at radius 2 is 1.87 bits per heavy atom. The zero-order valence-corrected chi connectivity index (χ0v) is 10.4. The molecular weight excluding hydrogens is 180 g/mol. The van der Waals surface area contributed by atoms with Crippen LogP contribution in [0.1, 0.15) is 35.6 Å². The third-order valence-electron chi connectivity index (χ3n) is 3.44. The van der Waals surface area contributed by atoms with Crippen molar-refractivity contribution in [2.24, 2.45) is 5.92 Å². The molecule has 0 saturated carbocycles. The molecule has 0 saturated heterocycles. The molecule has 1 unspecified atom stereocenters. The van der Waals surface area contributed by atoms with Gasteiger partial charge in [-0.05, 0) is 61.8 Å². The van der Waals surface area contributed by atoms with Gasteiger partial charge >= 0.3 is 0 Å². The van der Waals surface area contributed by atoms with Crippen LogP contribution >= 0.6 is 0 Å². The van der Waals surface area contributed by atoms with Crippen molar-refractivity contribution in [2.45, 2.75) is 40.5 Å². The lowest BCUT2D eigenvalue weighted by atomic mass is 9.93. The zero-order chi connectivity index (χ0) is 11.4. The normalized spacial score (nSPS) is 12.5. The lowest BCUT2D eigenvalue weighted by molar-refractivity contribution is 0.647. The molecule has 0 N–H and O–H groups in total. The fourth-order valence-electron chi connectivity index (χ4n) is 1.78. The van der Waals surface area contributed by atoms with Crippen LogP contribution in [0.15, 0.2) is 24.8 Å². The summed E-state index contributed by atoms with van der Waals surface area (Å²) < 4.78 is 0. The number of hydrogen-bond acceptors (Lipinski definition) is 0. The molecule has 1 aromatic rings. The second kappa shape index (κ2) is 5.16. The molecule has 0 heteroatoms. The highest BCUT2D eigenvalue weighted by Gasteiger charge is 2.04. The average molecular weight is 202 g/mol. The molecule has 1 aromatic carbocycles. The molecule has 0 heterocycles. The maximum atomic E-state index is 3.83. The van der Waals surface area contributed by atoms with Crippen LogP contribution in [0.25, 0.3) is 0 Å². The van der Waals surface area contributed by atoms with E-state index in [1.165, 1.54) is 35.1 Å². The quantitative estimate of drug-likeness (QED) is 0.636. The number of aryl methyl sites for hydroxylation is 2. The topological polar surface area (TPSA) is 0 Å². The van der Waals surface area contributed by atoms with E-state index in [9.17, 15) is 0 Å². The molecule has 0 aliphatic heterocycles. The molecule has 0 aromatic heterocycles. The van der Waals surface area contributed by atoms with Crippen molar-refractivity contribution in [1.29, 1.82) is 0 Å². The minimum absolute atomic E-state index is 0.617. The molecule has 15 heavy (non-hydrogen) atoms. The standard InChI is InChI=1S/C15H22/c1-6-11(2)7-9-15-10-8-12(3)13(4)14(15)5/h6,8,10-11H,1,7,9H2,2-5H3. The van der Waals surface area contributed by atoms with Crippen molar-refractivity contribution >= 4 is 0 Å². The lowest BCUT2D eigenvalue weighted by Gasteiger charge is -2.12. The van der Waals surface area contributed by atoms with Crippen LogP contribution in [0.3, 0.4) is 0 Å². The van der Waals surface area contributed by atoms with Gasteiger partial charge in [0.2, 0.25) is 0 Å². The summed E-state index contributed by atoms with van der Waals surface area (Å²) in [6, 6.07) is 4.50. The van der Waals surface area contributed by atoms with Crippen molar-refractivity contribution in [1.82, 2.24) is 0 Å². The van der Waals surface area contributed by atoms with Crippen molar-refractivity contribution in [3.63, 3.8) is 0 Å². The number of allylic oxidation sites excluding steroid dienone is 1. The van der Waals surface area contributed by atoms with Gasteiger partial charge in [-0.15, -0.1) is 6.58 Å². The van der Waals surface area contributed by atoms with Crippen molar-refractivity contribution < 1.29 is 0 Å². The molecule has 0 aliphatic rings. The Morgan fingerprint density at radius 1 is 1.20 bits per heavy atom. The summed E-state index contributed by atoms with van der Waals surface area (Å²) in [6.45, 7) is 12.7. The van der Waals surface area contributed by atoms with Crippen molar-refractivity contribution in [3.05, 3.63) is 47.0 Å². The van der Waals surface area contributed by atoms with E-state index < -0.39 is 0 Å². The Morgan fingerprint density at radius 3 is 2.47 bits per heavy atom. The van der Waals surface area contributed by atoms with Crippen LogP contribution in [-0.4, -0.2) is 0 Å². The van der Waals surface area contributed by atoms with Crippen LogP contribution in [0.5, 0.6) is 0 Å². The molecule has 0 radical (unpaired) electrons. The van der Waals surface area contributed by atoms with Gasteiger partial charge in [-0.1, -0.05) is 25.1 Å². The summed E-state index contributed by atoms with van der Waals surface area (Å²) in [4.78, 5) is 0. The van der Waals surface area contributed by atoms with Gasteiger partial charge in [0.15, 0.2) is 0 Å². The Bertz CT molecular complexity index is 347. The van der Waals surface area contributed by atoms with E-state index in [0.29, 0.717) is 5.92 Å². The average Bonchev–Trinajstić information content (AvgIpc) is 2.24. The monoisotopic (exact) mass is 202 g/mol. The predicted molar refractivity (Wildman–Crippen MR) is 68.3 cm³/mol. The minimum Gasteiger partial charge on any atom is -0.103 e. The van der Waals surface area contributed by atoms with E-state index in [1.807, 2.05) is 6.08 Å². The third-order valence-corrected chi connectivity index (χ3v) is 3.44. The van der Waals surface area contributed by atoms with E-state index in [4.69, 9.17) is 0 Å². The summed E-state index contributed by atoms with van der Waals surface area (Å²) >= 11 is 0. The second-order valence-electron chi connectivity index (χ2n) is 4.54. The predicted octanol–water partition coefficient (Wildman–Crippen LogP) is 4.37. The van der Waals surface area contributed by atoms with Gasteiger partial charge in [0.25, 0.3) is 0 Å². The van der Waals surface area contributed by atoms with Crippen LogP contribution in [-0.2, 0) is 6.42 Å². The first kappa shape index (κ1) is 12.0. The fourth-order valence-corrected chi connectivity index (χ4v) is 1.78. The highest BCUT2D eigenvalue weighted by molar-refractivity contribution is 5.38. The van der Waals surface area contributed by atoms with E-state index in [2.05, 4.69) is 46.4 Å². The van der Waals surface area contributed by atoms with Gasteiger partial charge in [-0.3, -0.25) is 0 Å². The highest BCUT2D eigenvalue weighted by Crippen LogP contribution is 2.19. The Hall–Kier alpha value is -1.04. The molecule has 82 valence electrons. The SMILES string of the molecule is C=CC(C)CCc1ccc(C)c(C)c1C. The van der Waals surface area contributed by atoms with Gasteiger partial charge in [-0.2, -0.15) is 0 Å². The lowest BCUT2D eigenvalue weighted by Crippen LogP contribution is -1.98. The molecule has 0 spiro atoms. The largest absolute Gasteiger partial charge is 0.103 e. The van der Waals surface area contributed by atoms with Gasteiger partial charge in [0, 0.05) is 0 Å². The van der Waals surface area contributed by atoms with E-state index in [0.717, 1.165) is 0 Å². The van der Waals surface area contributed by atoms with Crippen molar-refractivity contribution in [2.75, 3.05) is 0 Å². The fraction of sp³-hybridized carbons (Fsp3) is 0.467. The Balaban J connectivity index is 2.78. The van der Waals surface area contributed by atoms with Crippen LogP contribution in [0.4, 0.5) is 0 Å². The Labute approximate surface area is 94.0 Å². The second-order valence-corrected chi connectivity index (χ2v) is 4.54. The molecule has 1 rings (SSSR count). The zero-order valence-electron chi connectivity index (χ0n) is 10.4. The first-order chi connectivity index (χ1) is 7.06. The molecule has 1 atom stereocenters. The number of hydrogen-bond donors (Lipinski definition) is 0. The first-order valence-electron chi connectivity index (χ1n) is 5.74. The minimum atomic E-state index is 0.617. The maximum Gasteiger partial charge on any atom is -0.0261 e. The van der Waals surface area contributed by atoms with Crippen LogP contribution in [0.2, 0.25) is 0 Å². The molecule has 0 fully saturated rings. The van der Waals surface area contributed by atoms with E-state index in [1.54, 1.807) is 0 Å². The summed E-state index contributed by atoms with van der Waals surface area (Å²) in [7, 11) is 0. The highest BCUT2D eigenvalue weighted by atomic mass is 14.1.